The SMILES string of the molecule is Clc1ccccc1C=C1CCCC2=C1N=C1SC=C(c3ccc4c(c3)OCCO4)N1C2c1ccccc1Cl. The first-order valence-corrected chi connectivity index (χ1v) is 14.4. The maximum absolute atomic E-state index is 6.87. The van der Waals surface area contributed by atoms with E-state index < -0.39 is 0 Å². The van der Waals surface area contributed by atoms with Gasteiger partial charge >= 0.3 is 0 Å². The van der Waals surface area contributed by atoms with Crippen LogP contribution in [0.3, 0.4) is 0 Å². The third kappa shape index (κ3) is 4.14. The predicted molar refractivity (Wildman–Crippen MR) is 157 cm³/mol. The second kappa shape index (κ2) is 9.88. The average molecular weight is 560 g/mol. The van der Waals surface area contributed by atoms with Crippen molar-refractivity contribution in [2.75, 3.05) is 13.2 Å². The molecule has 0 N–H and O–H groups in total. The molecule has 3 aromatic rings. The minimum absolute atomic E-state index is 0.0596. The minimum atomic E-state index is -0.0596. The molecule has 3 aromatic carbocycles. The molecular formula is C31H24Cl2N2O2S. The van der Waals surface area contributed by atoms with Crippen LogP contribution in [0, 0.1) is 0 Å². The molecule has 3 heterocycles. The molecule has 7 heteroatoms. The van der Waals surface area contributed by atoms with Crippen LogP contribution in [0.2, 0.25) is 10.0 Å². The third-order valence-corrected chi connectivity index (χ3v) is 8.84. The van der Waals surface area contributed by atoms with Gasteiger partial charge in [-0.3, -0.25) is 0 Å². The number of benzene rings is 3. The van der Waals surface area contributed by atoms with E-state index in [4.69, 9.17) is 37.7 Å². The highest BCUT2D eigenvalue weighted by Gasteiger charge is 2.41. The maximum atomic E-state index is 6.87. The fourth-order valence-electron chi connectivity index (χ4n) is 5.58. The monoisotopic (exact) mass is 558 g/mol. The van der Waals surface area contributed by atoms with Gasteiger partial charge in [0, 0.05) is 21.0 Å². The Bertz CT molecular complexity index is 1580. The first-order chi connectivity index (χ1) is 18.7. The Morgan fingerprint density at radius 3 is 2.53 bits per heavy atom. The Kier molecular flexibility index (Phi) is 6.23. The van der Waals surface area contributed by atoms with E-state index in [0.29, 0.717) is 13.2 Å². The fourth-order valence-corrected chi connectivity index (χ4v) is 6.94. The van der Waals surface area contributed by atoms with Gasteiger partial charge in [0.25, 0.3) is 0 Å². The van der Waals surface area contributed by atoms with Crippen LogP contribution in [-0.4, -0.2) is 23.3 Å². The highest BCUT2D eigenvalue weighted by atomic mass is 35.5. The second-order valence-electron chi connectivity index (χ2n) is 9.59. The number of aliphatic imine (C=N–C) groups is 1. The van der Waals surface area contributed by atoms with E-state index in [1.54, 1.807) is 11.8 Å². The van der Waals surface area contributed by atoms with Crippen LogP contribution >= 0.6 is 35.0 Å². The lowest BCUT2D eigenvalue weighted by molar-refractivity contribution is 0.171. The molecule has 1 unspecified atom stereocenters. The molecule has 4 nitrogen and oxygen atoms in total. The summed E-state index contributed by atoms with van der Waals surface area (Å²) < 4.78 is 11.7. The van der Waals surface area contributed by atoms with Gasteiger partial charge in [-0.15, -0.1) is 0 Å². The molecule has 38 heavy (non-hydrogen) atoms. The van der Waals surface area contributed by atoms with Crippen LogP contribution in [0.15, 0.2) is 94.0 Å². The summed E-state index contributed by atoms with van der Waals surface area (Å²) in [6.07, 6.45) is 5.17. The highest BCUT2D eigenvalue weighted by Crippen LogP contribution is 2.52. The number of hydrogen-bond donors (Lipinski definition) is 0. The van der Waals surface area contributed by atoms with Gasteiger partial charge in [0.05, 0.1) is 17.4 Å². The van der Waals surface area contributed by atoms with Crippen molar-refractivity contribution in [1.29, 1.82) is 0 Å². The second-order valence-corrected chi connectivity index (χ2v) is 11.2. The van der Waals surface area contributed by atoms with Crippen molar-refractivity contribution >= 4 is 51.9 Å². The van der Waals surface area contributed by atoms with Crippen molar-refractivity contribution < 1.29 is 9.47 Å². The summed E-state index contributed by atoms with van der Waals surface area (Å²) in [6.45, 7) is 1.13. The fraction of sp³-hybridized carbons (Fsp3) is 0.194. The van der Waals surface area contributed by atoms with E-state index in [2.05, 4.69) is 46.7 Å². The van der Waals surface area contributed by atoms with Crippen molar-refractivity contribution in [3.8, 4) is 11.5 Å². The molecule has 7 rings (SSSR count). The molecule has 4 aliphatic rings. The van der Waals surface area contributed by atoms with E-state index in [1.807, 2.05) is 36.4 Å². The van der Waals surface area contributed by atoms with E-state index in [1.165, 1.54) is 11.1 Å². The number of halogens is 2. The highest BCUT2D eigenvalue weighted by molar-refractivity contribution is 8.16. The Hall–Kier alpha value is -3.12. The molecule has 0 saturated heterocycles. The third-order valence-electron chi connectivity index (χ3n) is 7.31. The van der Waals surface area contributed by atoms with E-state index in [9.17, 15) is 0 Å². The van der Waals surface area contributed by atoms with Crippen molar-refractivity contribution in [3.05, 3.63) is 116 Å². The van der Waals surface area contributed by atoms with Gasteiger partial charge in [-0.2, -0.15) is 0 Å². The normalized spacial score (nSPS) is 21.2. The van der Waals surface area contributed by atoms with Gasteiger partial charge in [-0.05, 0) is 77.9 Å². The van der Waals surface area contributed by atoms with Crippen molar-refractivity contribution in [1.82, 2.24) is 4.90 Å². The van der Waals surface area contributed by atoms with Crippen LogP contribution in [0.25, 0.3) is 11.8 Å². The van der Waals surface area contributed by atoms with Crippen molar-refractivity contribution in [3.63, 3.8) is 0 Å². The van der Waals surface area contributed by atoms with E-state index >= 15 is 0 Å². The molecule has 0 fully saturated rings. The van der Waals surface area contributed by atoms with Crippen LogP contribution in [-0.2, 0) is 0 Å². The van der Waals surface area contributed by atoms with Gasteiger partial charge in [0.2, 0.25) is 0 Å². The summed E-state index contributed by atoms with van der Waals surface area (Å²) in [4.78, 5) is 7.61. The van der Waals surface area contributed by atoms with Gasteiger partial charge in [0.15, 0.2) is 16.7 Å². The number of thioether (sulfide) groups is 1. The number of nitrogens with zero attached hydrogens (tertiary/aromatic N) is 2. The maximum Gasteiger partial charge on any atom is 0.174 e. The molecule has 0 saturated carbocycles. The Balaban J connectivity index is 1.37. The smallest absolute Gasteiger partial charge is 0.174 e. The minimum Gasteiger partial charge on any atom is -0.486 e. The average Bonchev–Trinajstić information content (AvgIpc) is 3.37. The van der Waals surface area contributed by atoms with Crippen LogP contribution in [0.4, 0.5) is 0 Å². The largest absolute Gasteiger partial charge is 0.486 e. The molecule has 190 valence electrons. The summed E-state index contributed by atoms with van der Waals surface area (Å²) in [5, 5.41) is 4.64. The Morgan fingerprint density at radius 1 is 0.895 bits per heavy atom. The lowest BCUT2D eigenvalue weighted by atomic mass is 9.82. The number of ether oxygens (including phenoxy) is 2. The molecule has 0 aromatic heterocycles. The zero-order valence-electron chi connectivity index (χ0n) is 20.5. The molecule has 0 radical (unpaired) electrons. The zero-order valence-corrected chi connectivity index (χ0v) is 22.8. The van der Waals surface area contributed by atoms with Gasteiger partial charge in [-0.25, -0.2) is 4.99 Å². The number of hydrogen-bond acceptors (Lipinski definition) is 5. The molecular weight excluding hydrogens is 535 g/mol. The van der Waals surface area contributed by atoms with Crippen LogP contribution in [0.5, 0.6) is 11.5 Å². The number of rotatable bonds is 3. The van der Waals surface area contributed by atoms with Crippen LogP contribution in [0.1, 0.15) is 42.0 Å². The van der Waals surface area contributed by atoms with Gasteiger partial charge < -0.3 is 14.4 Å². The van der Waals surface area contributed by atoms with Crippen molar-refractivity contribution in [2.45, 2.75) is 25.3 Å². The number of fused-ring (bicyclic) bond motifs is 2. The lowest BCUT2D eigenvalue weighted by Crippen LogP contribution is -2.35. The Morgan fingerprint density at radius 2 is 1.68 bits per heavy atom. The predicted octanol–water partition coefficient (Wildman–Crippen LogP) is 8.74. The summed E-state index contributed by atoms with van der Waals surface area (Å²) in [5.74, 6) is 1.56. The Labute approximate surface area is 236 Å². The van der Waals surface area contributed by atoms with E-state index in [-0.39, 0.29) is 6.04 Å². The molecule has 1 aliphatic carbocycles. The van der Waals surface area contributed by atoms with E-state index in [0.717, 1.165) is 74.1 Å². The molecule has 1 atom stereocenters. The molecule has 0 amide bonds. The molecule has 0 bridgehead atoms. The first kappa shape index (κ1) is 24.0. The molecule has 0 spiro atoms. The summed E-state index contributed by atoms with van der Waals surface area (Å²) >= 11 is 15.1. The topological polar surface area (TPSA) is 34.1 Å². The van der Waals surface area contributed by atoms with Crippen molar-refractivity contribution in [2.24, 2.45) is 4.99 Å². The van der Waals surface area contributed by atoms with Crippen LogP contribution < -0.4 is 9.47 Å². The van der Waals surface area contributed by atoms with Gasteiger partial charge in [-0.1, -0.05) is 71.4 Å². The zero-order chi connectivity index (χ0) is 25.6. The standard InChI is InChI=1S/C31H24Cl2N2O2S/c32-24-10-3-1-6-19(24)16-21-7-5-9-23-29(21)34-31-35(30(23)22-8-2-4-11-25(22)33)26(18-38-31)20-12-13-27-28(17-20)37-15-14-36-27/h1-4,6,8,10-13,16-18,30H,5,7,9,14-15H2. The number of amidine groups is 1. The summed E-state index contributed by atoms with van der Waals surface area (Å²) in [6, 6.07) is 22.2. The quantitative estimate of drug-likeness (QED) is 0.321. The lowest BCUT2D eigenvalue weighted by Gasteiger charge is -2.40. The first-order valence-electron chi connectivity index (χ1n) is 12.7. The van der Waals surface area contributed by atoms with Gasteiger partial charge in [0.1, 0.15) is 13.2 Å². The summed E-state index contributed by atoms with van der Waals surface area (Å²) in [5.41, 5.74) is 7.83. The summed E-state index contributed by atoms with van der Waals surface area (Å²) in [7, 11) is 0. The molecule has 3 aliphatic heterocycles. The number of allylic oxidation sites excluding steroid dienone is 1.